The predicted octanol–water partition coefficient (Wildman–Crippen LogP) is 2.91. The molecule has 1 aromatic rings. The SMILES string of the molecule is COc1cccc(CCNC2CCC(C#N)CC2)c1. The van der Waals surface area contributed by atoms with Crippen LogP contribution in [0.4, 0.5) is 0 Å². The molecule has 0 amide bonds. The van der Waals surface area contributed by atoms with Crippen LogP contribution in [0.3, 0.4) is 0 Å². The van der Waals surface area contributed by atoms with E-state index in [-0.39, 0.29) is 5.92 Å². The molecule has 0 aliphatic heterocycles. The Balaban J connectivity index is 1.70. The van der Waals surface area contributed by atoms with E-state index in [1.807, 2.05) is 12.1 Å². The number of nitriles is 1. The Bertz CT molecular complexity index is 431. The van der Waals surface area contributed by atoms with Gasteiger partial charge in [-0.1, -0.05) is 12.1 Å². The molecule has 3 nitrogen and oxygen atoms in total. The average Bonchev–Trinajstić information content (AvgIpc) is 2.48. The summed E-state index contributed by atoms with van der Waals surface area (Å²) in [7, 11) is 1.70. The molecule has 0 unspecified atom stereocenters. The molecule has 1 fully saturated rings. The van der Waals surface area contributed by atoms with Gasteiger partial charge in [-0.3, -0.25) is 0 Å². The normalized spacial score (nSPS) is 22.7. The molecule has 0 heterocycles. The quantitative estimate of drug-likeness (QED) is 0.883. The van der Waals surface area contributed by atoms with Gasteiger partial charge in [-0.15, -0.1) is 0 Å². The zero-order chi connectivity index (χ0) is 13.5. The lowest BCUT2D eigenvalue weighted by molar-refractivity contribution is 0.334. The number of rotatable bonds is 5. The predicted molar refractivity (Wildman–Crippen MR) is 76.1 cm³/mol. The molecule has 1 aliphatic carbocycles. The van der Waals surface area contributed by atoms with E-state index in [2.05, 4.69) is 23.5 Å². The van der Waals surface area contributed by atoms with Gasteiger partial charge in [0.15, 0.2) is 0 Å². The average molecular weight is 258 g/mol. The molecule has 102 valence electrons. The molecule has 1 aliphatic rings. The van der Waals surface area contributed by atoms with Gasteiger partial charge in [0.1, 0.15) is 5.75 Å². The van der Waals surface area contributed by atoms with Crippen molar-refractivity contribution in [2.24, 2.45) is 5.92 Å². The Labute approximate surface area is 115 Å². The van der Waals surface area contributed by atoms with Crippen molar-refractivity contribution >= 4 is 0 Å². The Morgan fingerprint density at radius 1 is 1.32 bits per heavy atom. The summed E-state index contributed by atoms with van der Waals surface area (Å²) in [5.74, 6) is 1.21. The van der Waals surface area contributed by atoms with E-state index in [0.717, 1.165) is 44.4 Å². The van der Waals surface area contributed by atoms with Crippen LogP contribution in [0.25, 0.3) is 0 Å². The fourth-order valence-corrected chi connectivity index (χ4v) is 2.68. The van der Waals surface area contributed by atoms with Gasteiger partial charge >= 0.3 is 0 Å². The Hall–Kier alpha value is -1.53. The van der Waals surface area contributed by atoms with Gasteiger partial charge in [0.05, 0.1) is 13.2 Å². The summed E-state index contributed by atoms with van der Waals surface area (Å²) in [4.78, 5) is 0. The Morgan fingerprint density at radius 2 is 2.11 bits per heavy atom. The third-order valence-corrected chi connectivity index (χ3v) is 3.89. The number of benzene rings is 1. The Morgan fingerprint density at radius 3 is 2.79 bits per heavy atom. The van der Waals surface area contributed by atoms with Crippen LogP contribution in [0.5, 0.6) is 5.75 Å². The van der Waals surface area contributed by atoms with E-state index in [4.69, 9.17) is 10.00 Å². The third-order valence-electron chi connectivity index (χ3n) is 3.89. The number of nitrogens with one attached hydrogen (secondary N) is 1. The van der Waals surface area contributed by atoms with Crippen molar-refractivity contribution in [3.05, 3.63) is 29.8 Å². The first-order chi connectivity index (χ1) is 9.31. The molecule has 3 heteroatoms. The minimum Gasteiger partial charge on any atom is -0.497 e. The molecular weight excluding hydrogens is 236 g/mol. The minimum absolute atomic E-state index is 0.288. The lowest BCUT2D eigenvalue weighted by atomic mass is 9.87. The van der Waals surface area contributed by atoms with E-state index < -0.39 is 0 Å². The van der Waals surface area contributed by atoms with Crippen LogP contribution in [0.1, 0.15) is 31.2 Å². The monoisotopic (exact) mass is 258 g/mol. The van der Waals surface area contributed by atoms with Crippen molar-refractivity contribution in [3.8, 4) is 11.8 Å². The van der Waals surface area contributed by atoms with Gasteiger partial charge < -0.3 is 10.1 Å². The van der Waals surface area contributed by atoms with Gasteiger partial charge in [-0.25, -0.2) is 0 Å². The molecule has 1 N–H and O–H groups in total. The lowest BCUT2D eigenvalue weighted by Gasteiger charge is -2.25. The highest BCUT2D eigenvalue weighted by atomic mass is 16.5. The second-order valence-electron chi connectivity index (χ2n) is 5.23. The zero-order valence-electron chi connectivity index (χ0n) is 11.6. The molecule has 0 bridgehead atoms. The number of ether oxygens (including phenoxy) is 1. The van der Waals surface area contributed by atoms with Crippen molar-refractivity contribution in [1.82, 2.24) is 5.32 Å². The van der Waals surface area contributed by atoms with Crippen molar-refractivity contribution < 1.29 is 4.74 Å². The summed E-state index contributed by atoms with van der Waals surface area (Å²) in [6, 6.07) is 11.2. The van der Waals surface area contributed by atoms with Crippen LogP contribution in [0.2, 0.25) is 0 Å². The summed E-state index contributed by atoms with van der Waals surface area (Å²) < 4.78 is 5.22. The van der Waals surface area contributed by atoms with E-state index in [0.29, 0.717) is 6.04 Å². The van der Waals surface area contributed by atoms with E-state index in [1.54, 1.807) is 7.11 Å². The van der Waals surface area contributed by atoms with Crippen molar-refractivity contribution in [2.45, 2.75) is 38.1 Å². The largest absolute Gasteiger partial charge is 0.497 e. The number of hydrogen-bond acceptors (Lipinski definition) is 3. The maximum atomic E-state index is 8.87. The topological polar surface area (TPSA) is 45.0 Å². The van der Waals surface area contributed by atoms with Crippen LogP contribution in [0.15, 0.2) is 24.3 Å². The molecule has 0 aromatic heterocycles. The van der Waals surface area contributed by atoms with E-state index in [9.17, 15) is 0 Å². The van der Waals surface area contributed by atoms with Crippen LogP contribution in [-0.4, -0.2) is 19.7 Å². The third kappa shape index (κ3) is 4.25. The number of methoxy groups -OCH3 is 1. The smallest absolute Gasteiger partial charge is 0.119 e. The number of hydrogen-bond donors (Lipinski definition) is 1. The van der Waals surface area contributed by atoms with Gasteiger partial charge in [0.2, 0.25) is 0 Å². The molecule has 0 atom stereocenters. The molecule has 2 rings (SSSR count). The van der Waals surface area contributed by atoms with Crippen LogP contribution in [-0.2, 0) is 6.42 Å². The highest BCUT2D eigenvalue weighted by molar-refractivity contribution is 5.28. The zero-order valence-corrected chi connectivity index (χ0v) is 11.6. The molecular formula is C16H22N2O. The summed E-state index contributed by atoms with van der Waals surface area (Å²) in [6.45, 7) is 0.995. The first-order valence-electron chi connectivity index (χ1n) is 7.07. The molecule has 1 aromatic carbocycles. The maximum Gasteiger partial charge on any atom is 0.119 e. The first-order valence-corrected chi connectivity index (χ1v) is 7.07. The Kier molecular flexibility index (Phi) is 5.23. The van der Waals surface area contributed by atoms with Crippen molar-refractivity contribution in [3.63, 3.8) is 0 Å². The first kappa shape index (κ1) is 13.9. The van der Waals surface area contributed by atoms with Crippen molar-refractivity contribution in [2.75, 3.05) is 13.7 Å². The molecule has 0 radical (unpaired) electrons. The summed E-state index contributed by atoms with van der Waals surface area (Å²) in [5, 5.41) is 12.5. The van der Waals surface area contributed by atoms with Crippen LogP contribution >= 0.6 is 0 Å². The van der Waals surface area contributed by atoms with Gasteiger partial charge in [-0.05, 0) is 56.3 Å². The summed E-state index contributed by atoms with van der Waals surface area (Å²) in [6.07, 6.45) is 5.39. The van der Waals surface area contributed by atoms with E-state index >= 15 is 0 Å². The second-order valence-corrected chi connectivity index (χ2v) is 5.23. The van der Waals surface area contributed by atoms with Gasteiger partial charge in [0.25, 0.3) is 0 Å². The molecule has 1 saturated carbocycles. The lowest BCUT2D eigenvalue weighted by Crippen LogP contribution is -2.34. The molecule has 0 spiro atoms. The molecule has 19 heavy (non-hydrogen) atoms. The standard InChI is InChI=1S/C16H22N2O/c1-19-16-4-2-3-13(11-16)9-10-18-15-7-5-14(12-17)6-8-15/h2-4,11,14-15,18H,5-10H2,1H3. The minimum atomic E-state index is 0.288. The van der Waals surface area contributed by atoms with Crippen LogP contribution in [0, 0.1) is 17.2 Å². The number of nitrogens with zero attached hydrogens (tertiary/aromatic N) is 1. The van der Waals surface area contributed by atoms with E-state index in [1.165, 1.54) is 5.56 Å². The maximum absolute atomic E-state index is 8.87. The van der Waals surface area contributed by atoms with Crippen LogP contribution < -0.4 is 10.1 Å². The van der Waals surface area contributed by atoms with Gasteiger partial charge in [-0.2, -0.15) is 5.26 Å². The highest BCUT2D eigenvalue weighted by Gasteiger charge is 2.19. The fourth-order valence-electron chi connectivity index (χ4n) is 2.68. The van der Waals surface area contributed by atoms with Gasteiger partial charge in [0, 0.05) is 12.0 Å². The van der Waals surface area contributed by atoms with Crippen molar-refractivity contribution in [1.29, 1.82) is 5.26 Å². The summed E-state index contributed by atoms with van der Waals surface area (Å²) >= 11 is 0. The molecule has 0 saturated heterocycles. The second kappa shape index (κ2) is 7.16. The fraction of sp³-hybridized carbons (Fsp3) is 0.562. The summed E-state index contributed by atoms with van der Waals surface area (Å²) in [5.41, 5.74) is 1.30. The highest BCUT2D eigenvalue weighted by Crippen LogP contribution is 2.23.